The number of hydrogen-bond acceptors (Lipinski definition) is 4. The molecule has 1 aliphatic carbocycles. The van der Waals surface area contributed by atoms with E-state index in [2.05, 4.69) is 40.7 Å². The lowest BCUT2D eigenvalue weighted by Crippen LogP contribution is -2.47. The number of hydrogen-bond donors (Lipinski definition) is 1. The van der Waals surface area contributed by atoms with Crippen molar-refractivity contribution in [3.05, 3.63) is 23.3 Å². The summed E-state index contributed by atoms with van der Waals surface area (Å²) in [4.78, 5) is 12.1. The molecule has 1 aromatic rings. The monoisotopic (exact) mass is 362 g/mol. The Morgan fingerprint density at radius 2 is 2.08 bits per heavy atom. The molecule has 0 saturated heterocycles. The van der Waals surface area contributed by atoms with Crippen LogP contribution in [0.15, 0.2) is 12.1 Å². The van der Waals surface area contributed by atoms with Crippen molar-refractivity contribution in [1.29, 1.82) is 0 Å². The first-order valence-electron chi connectivity index (χ1n) is 9.31. The van der Waals surface area contributed by atoms with Gasteiger partial charge in [-0.05, 0) is 49.1 Å². The number of carbonyl (C=O) groups is 1. The third-order valence-electron chi connectivity index (χ3n) is 5.87. The molecule has 1 saturated carbocycles. The summed E-state index contributed by atoms with van der Waals surface area (Å²) in [6.45, 7) is 10.8. The minimum absolute atomic E-state index is 0.0417. The Balaban J connectivity index is 2.04. The SMILES string of the molecule is CCSCC(C)(C)c1cc(O)c2c(c1)OC(C)(C)C1CCC(=O)CC21. The lowest BCUT2D eigenvalue weighted by molar-refractivity contribution is -0.124. The van der Waals surface area contributed by atoms with Gasteiger partial charge in [0.15, 0.2) is 0 Å². The van der Waals surface area contributed by atoms with Crippen LogP contribution in [0.25, 0.3) is 0 Å². The second kappa shape index (κ2) is 6.53. The summed E-state index contributed by atoms with van der Waals surface area (Å²) < 4.78 is 6.37. The molecule has 138 valence electrons. The van der Waals surface area contributed by atoms with Crippen LogP contribution >= 0.6 is 11.8 Å². The summed E-state index contributed by atoms with van der Waals surface area (Å²) >= 11 is 1.90. The Kier molecular flexibility index (Phi) is 4.87. The molecule has 1 heterocycles. The van der Waals surface area contributed by atoms with Gasteiger partial charge in [0, 0.05) is 36.0 Å². The number of Topliss-reactive ketones (excluding diaryl/α,β-unsaturated/α-hetero) is 1. The molecule has 4 heteroatoms. The predicted octanol–water partition coefficient (Wildman–Crippen LogP) is 5.05. The molecule has 0 spiro atoms. The van der Waals surface area contributed by atoms with Crippen LogP contribution in [0.4, 0.5) is 0 Å². The van der Waals surface area contributed by atoms with E-state index in [0.29, 0.717) is 24.4 Å². The smallest absolute Gasteiger partial charge is 0.133 e. The van der Waals surface area contributed by atoms with Gasteiger partial charge in [-0.25, -0.2) is 0 Å². The highest BCUT2D eigenvalue weighted by molar-refractivity contribution is 7.99. The highest BCUT2D eigenvalue weighted by Gasteiger charge is 2.47. The van der Waals surface area contributed by atoms with Crippen LogP contribution in [0.1, 0.15) is 70.9 Å². The van der Waals surface area contributed by atoms with Gasteiger partial charge in [0.2, 0.25) is 0 Å². The largest absolute Gasteiger partial charge is 0.508 e. The van der Waals surface area contributed by atoms with Crippen molar-refractivity contribution in [1.82, 2.24) is 0 Å². The van der Waals surface area contributed by atoms with Crippen molar-refractivity contribution in [2.75, 3.05) is 11.5 Å². The van der Waals surface area contributed by atoms with Crippen LogP contribution in [0.3, 0.4) is 0 Å². The number of carbonyl (C=O) groups excluding carboxylic acids is 1. The van der Waals surface area contributed by atoms with Crippen molar-refractivity contribution < 1.29 is 14.6 Å². The quantitative estimate of drug-likeness (QED) is 0.814. The number of phenolic OH excluding ortho intramolecular Hbond substituents is 1. The van der Waals surface area contributed by atoms with Crippen LogP contribution in [0.2, 0.25) is 0 Å². The van der Waals surface area contributed by atoms with E-state index >= 15 is 0 Å². The van der Waals surface area contributed by atoms with Gasteiger partial charge in [-0.3, -0.25) is 4.79 Å². The Morgan fingerprint density at radius 1 is 1.36 bits per heavy atom. The molecule has 1 fully saturated rings. The van der Waals surface area contributed by atoms with Crippen molar-refractivity contribution in [2.45, 2.75) is 70.8 Å². The molecular formula is C21H30O3S. The molecule has 2 atom stereocenters. The minimum atomic E-state index is -0.314. The van der Waals surface area contributed by atoms with Crippen LogP contribution in [-0.4, -0.2) is 28.0 Å². The number of thioether (sulfide) groups is 1. The number of benzene rings is 1. The first-order valence-corrected chi connectivity index (χ1v) is 10.5. The van der Waals surface area contributed by atoms with Gasteiger partial charge in [0.1, 0.15) is 22.9 Å². The molecule has 1 N–H and O–H groups in total. The Morgan fingerprint density at radius 3 is 2.76 bits per heavy atom. The summed E-state index contributed by atoms with van der Waals surface area (Å²) in [6, 6.07) is 4.00. The molecule has 1 aromatic carbocycles. The highest BCUT2D eigenvalue weighted by atomic mass is 32.2. The van der Waals surface area contributed by atoms with Crippen LogP contribution in [-0.2, 0) is 10.2 Å². The van der Waals surface area contributed by atoms with E-state index in [1.165, 1.54) is 0 Å². The fraction of sp³-hybridized carbons (Fsp3) is 0.667. The standard InChI is InChI=1S/C21H30O3S/c1-6-25-12-20(2,3)13-9-17(23)19-15-11-14(22)7-8-16(15)21(4,5)24-18(19)10-13/h9-10,15-16,23H,6-8,11-12H2,1-5H3. The van der Waals surface area contributed by atoms with E-state index in [4.69, 9.17) is 4.74 Å². The summed E-state index contributed by atoms with van der Waals surface area (Å²) in [5.41, 5.74) is 1.59. The Bertz CT molecular complexity index is 678. The van der Waals surface area contributed by atoms with Crippen LogP contribution in [0, 0.1) is 5.92 Å². The summed E-state index contributed by atoms with van der Waals surface area (Å²) in [5.74, 6) is 3.78. The number of ether oxygens (including phenoxy) is 1. The first-order chi connectivity index (χ1) is 11.7. The third kappa shape index (κ3) is 3.42. The van der Waals surface area contributed by atoms with Gasteiger partial charge in [-0.2, -0.15) is 11.8 Å². The molecule has 0 aromatic heterocycles. The molecular weight excluding hydrogens is 332 g/mol. The number of rotatable bonds is 4. The molecule has 3 rings (SSSR count). The van der Waals surface area contributed by atoms with E-state index in [1.807, 2.05) is 17.8 Å². The molecule has 0 bridgehead atoms. The Labute approximate surface area is 155 Å². The van der Waals surface area contributed by atoms with E-state index in [1.54, 1.807) is 0 Å². The van der Waals surface area contributed by atoms with Crippen molar-refractivity contribution in [3.63, 3.8) is 0 Å². The van der Waals surface area contributed by atoms with Gasteiger partial charge in [0.05, 0.1) is 0 Å². The van der Waals surface area contributed by atoms with Gasteiger partial charge in [0.25, 0.3) is 0 Å². The topological polar surface area (TPSA) is 46.5 Å². The number of fused-ring (bicyclic) bond motifs is 3. The highest BCUT2D eigenvalue weighted by Crippen LogP contribution is 2.54. The second-order valence-corrected chi connectivity index (χ2v) is 9.90. The van der Waals surface area contributed by atoms with E-state index in [0.717, 1.165) is 34.8 Å². The molecule has 3 nitrogen and oxygen atoms in total. The minimum Gasteiger partial charge on any atom is -0.508 e. The van der Waals surface area contributed by atoms with Gasteiger partial charge in [-0.1, -0.05) is 20.8 Å². The zero-order valence-electron chi connectivity index (χ0n) is 16.0. The van der Waals surface area contributed by atoms with E-state index in [9.17, 15) is 9.90 Å². The lowest BCUT2D eigenvalue weighted by atomic mass is 9.66. The van der Waals surface area contributed by atoms with Gasteiger partial charge in [-0.15, -0.1) is 0 Å². The van der Waals surface area contributed by atoms with E-state index in [-0.39, 0.29) is 22.9 Å². The van der Waals surface area contributed by atoms with Gasteiger partial charge >= 0.3 is 0 Å². The molecule has 2 unspecified atom stereocenters. The average Bonchev–Trinajstić information content (AvgIpc) is 2.51. The van der Waals surface area contributed by atoms with Crippen LogP contribution < -0.4 is 4.74 Å². The molecule has 0 amide bonds. The maximum absolute atomic E-state index is 12.1. The average molecular weight is 363 g/mol. The van der Waals surface area contributed by atoms with Crippen molar-refractivity contribution >= 4 is 17.5 Å². The van der Waals surface area contributed by atoms with Crippen LogP contribution in [0.5, 0.6) is 11.5 Å². The zero-order chi connectivity index (χ0) is 18.4. The fourth-order valence-electron chi connectivity index (χ4n) is 4.40. The van der Waals surface area contributed by atoms with E-state index < -0.39 is 0 Å². The summed E-state index contributed by atoms with van der Waals surface area (Å²) in [7, 11) is 0. The lowest BCUT2D eigenvalue weighted by Gasteiger charge is -2.47. The summed E-state index contributed by atoms with van der Waals surface area (Å²) in [6.07, 6.45) is 1.99. The normalized spacial score (nSPS) is 25.1. The van der Waals surface area contributed by atoms with Crippen molar-refractivity contribution in [2.24, 2.45) is 5.92 Å². The second-order valence-electron chi connectivity index (χ2n) is 8.63. The third-order valence-corrected chi connectivity index (χ3v) is 7.21. The maximum Gasteiger partial charge on any atom is 0.133 e. The fourth-order valence-corrected chi connectivity index (χ4v) is 5.28. The Hall–Kier alpha value is -1.16. The predicted molar refractivity (Wildman–Crippen MR) is 104 cm³/mol. The first kappa shape index (κ1) is 18.6. The molecule has 1 aliphatic heterocycles. The van der Waals surface area contributed by atoms with Gasteiger partial charge < -0.3 is 9.84 Å². The number of phenols is 1. The molecule has 2 aliphatic rings. The summed E-state index contributed by atoms with van der Waals surface area (Å²) in [5, 5.41) is 10.8. The van der Waals surface area contributed by atoms with Crippen molar-refractivity contribution in [3.8, 4) is 11.5 Å². The number of aromatic hydroxyl groups is 1. The maximum atomic E-state index is 12.1. The number of ketones is 1. The molecule has 25 heavy (non-hydrogen) atoms. The zero-order valence-corrected chi connectivity index (χ0v) is 16.8. The molecule has 0 radical (unpaired) electrons.